The number of hydrazone groups is 1. The van der Waals surface area contributed by atoms with Gasteiger partial charge in [0.1, 0.15) is 0 Å². The molecule has 0 heterocycles. The molecule has 3 aromatic rings. The summed E-state index contributed by atoms with van der Waals surface area (Å²) in [5, 5.41) is 9.29. The third-order valence-corrected chi connectivity index (χ3v) is 5.45. The van der Waals surface area contributed by atoms with E-state index in [1.807, 2.05) is 50.2 Å². The third kappa shape index (κ3) is 8.63. The van der Waals surface area contributed by atoms with Crippen LogP contribution < -0.4 is 25.5 Å². The summed E-state index contributed by atoms with van der Waals surface area (Å²) in [7, 11) is 0. The molecule has 0 aromatic heterocycles. The number of benzene rings is 3. The molecule has 0 radical (unpaired) electrons. The van der Waals surface area contributed by atoms with Gasteiger partial charge in [0, 0.05) is 12.2 Å². The highest BCUT2D eigenvalue weighted by atomic mass is 35.5. The molecule has 3 N–H and O–H groups in total. The number of halogens is 1. The molecule has 0 saturated heterocycles. The SMILES string of the molecule is CCOc1cc(/C=N\NC(=O)C(=O)NCc2ccc(C)cc2)cc(Cl)c1OCC(=O)Nc1ccc(C)cc1. The second-order valence-electron chi connectivity index (χ2n) is 8.33. The molecule has 0 spiro atoms. The number of ether oxygens (including phenoxy) is 2. The van der Waals surface area contributed by atoms with Gasteiger partial charge in [0.25, 0.3) is 5.91 Å². The van der Waals surface area contributed by atoms with Crippen LogP contribution in [0.2, 0.25) is 5.02 Å². The lowest BCUT2D eigenvalue weighted by molar-refractivity contribution is -0.139. The molecule has 0 aliphatic rings. The quantitative estimate of drug-likeness (QED) is 0.204. The molecule has 0 atom stereocenters. The summed E-state index contributed by atoms with van der Waals surface area (Å²) in [6.45, 7) is 5.96. The third-order valence-electron chi connectivity index (χ3n) is 5.17. The predicted molar refractivity (Wildman–Crippen MR) is 147 cm³/mol. The maximum atomic E-state index is 12.3. The standard InChI is InChI=1S/C28H29ClN4O5/c1-4-37-24-14-21(16-31-33-28(36)27(35)30-15-20-9-5-18(2)6-10-20)13-23(29)26(24)38-17-25(34)32-22-11-7-19(3)8-12-22/h5-14,16H,4,15,17H2,1-3H3,(H,30,35)(H,32,34)(H,33,36)/b31-16-. The smallest absolute Gasteiger partial charge is 0.329 e. The molecule has 0 aliphatic heterocycles. The number of anilines is 1. The molecule has 0 saturated carbocycles. The van der Waals surface area contributed by atoms with Crippen molar-refractivity contribution in [3.63, 3.8) is 0 Å². The van der Waals surface area contributed by atoms with Gasteiger partial charge < -0.3 is 20.1 Å². The topological polar surface area (TPSA) is 118 Å². The minimum Gasteiger partial charge on any atom is -0.490 e. The first-order valence-corrected chi connectivity index (χ1v) is 12.3. The second kappa shape index (κ2) is 13.8. The maximum absolute atomic E-state index is 12.3. The number of rotatable bonds is 10. The van der Waals surface area contributed by atoms with Gasteiger partial charge in [-0.25, -0.2) is 5.43 Å². The van der Waals surface area contributed by atoms with Crippen LogP contribution in [-0.2, 0) is 20.9 Å². The zero-order chi connectivity index (χ0) is 27.5. The first-order chi connectivity index (χ1) is 18.2. The molecular formula is C28H29ClN4O5. The summed E-state index contributed by atoms with van der Waals surface area (Å²) in [5.41, 5.74) is 6.36. The molecule has 3 rings (SSSR count). The number of amides is 3. The first kappa shape index (κ1) is 28.2. The molecule has 3 amide bonds. The normalized spacial score (nSPS) is 10.6. The van der Waals surface area contributed by atoms with E-state index in [1.54, 1.807) is 25.1 Å². The molecule has 10 heteroatoms. The van der Waals surface area contributed by atoms with E-state index in [0.717, 1.165) is 16.7 Å². The van der Waals surface area contributed by atoms with E-state index >= 15 is 0 Å². The lowest BCUT2D eigenvalue weighted by atomic mass is 10.1. The van der Waals surface area contributed by atoms with Gasteiger partial charge in [-0.15, -0.1) is 0 Å². The average Bonchev–Trinajstić information content (AvgIpc) is 2.89. The Balaban J connectivity index is 1.56. The highest BCUT2D eigenvalue weighted by Gasteiger charge is 2.15. The second-order valence-corrected chi connectivity index (χ2v) is 8.74. The van der Waals surface area contributed by atoms with Gasteiger partial charge in [-0.2, -0.15) is 5.10 Å². The fraction of sp³-hybridized carbons (Fsp3) is 0.214. The highest BCUT2D eigenvalue weighted by molar-refractivity contribution is 6.35. The van der Waals surface area contributed by atoms with E-state index in [0.29, 0.717) is 23.6 Å². The van der Waals surface area contributed by atoms with E-state index in [1.165, 1.54) is 12.3 Å². The predicted octanol–water partition coefficient (Wildman–Crippen LogP) is 4.14. The number of carbonyl (C=O) groups excluding carboxylic acids is 3. The van der Waals surface area contributed by atoms with Crippen molar-refractivity contribution in [3.05, 3.63) is 87.9 Å². The van der Waals surface area contributed by atoms with Crippen LogP contribution in [0.25, 0.3) is 0 Å². The van der Waals surface area contributed by atoms with Gasteiger partial charge in [-0.1, -0.05) is 59.1 Å². The summed E-state index contributed by atoms with van der Waals surface area (Å²) < 4.78 is 11.3. The molecule has 198 valence electrons. The Morgan fingerprint density at radius 3 is 2.24 bits per heavy atom. The minimum atomic E-state index is -0.913. The molecule has 0 bridgehead atoms. The zero-order valence-electron chi connectivity index (χ0n) is 21.3. The monoisotopic (exact) mass is 536 g/mol. The van der Waals surface area contributed by atoms with Gasteiger partial charge in [0.05, 0.1) is 17.8 Å². The van der Waals surface area contributed by atoms with E-state index in [9.17, 15) is 14.4 Å². The van der Waals surface area contributed by atoms with Crippen molar-refractivity contribution >= 4 is 41.2 Å². The number of aryl methyl sites for hydroxylation is 2. The first-order valence-electron chi connectivity index (χ1n) is 11.9. The summed E-state index contributed by atoms with van der Waals surface area (Å²) in [6.07, 6.45) is 1.31. The average molecular weight is 537 g/mol. The molecular weight excluding hydrogens is 508 g/mol. The number of carbonyl (C=O) groups is 3. The van der Waals surface area contributed by atoms with Crippen molar-refractivity contribution in [2.45, 2.75) is 27.3 Å². The minimum absolute atomic E-state index is 0.183. The van der Waals surface area contributed by atoms with Crippen molar-refractivity contribution in [1.29, 1.82) is 0 Å². The number of nitrogens with zero attached hydrogens (tertiary/aromatic N) is 1. The van der Waals surface area contributed by atoms with Crippen LogP contribution in [-0.4, -0.2) is 37.1 Å². The van der Waals surface area contributed by atoms with Crippen molar-refractivity contribution in [1.82, 2.24) is 10.7 Å². The van der Waals surface area contributed by atoms with Gasteiger partial charge in [-0.05, 0) is 56.2 Å². The van der Waals surface area contributed by atoms with E-state index in [4.69, 9.17) is 21.1 Å². The van der Waals surface area contributed by atoms with E-state index in [-0.39, 0.29) is 29.8 Å². The Kier molecular flexibility index (Phi) is 10.2. The highest BCUT2D eigenvalue weighted by Crippen LogP contribution is 2.36. The fourth-order valence-corrected chi connectivity index (χ4v) is 3.50. The number of nitrogens with one attached hydrogen (secondary N) is 3. The molecule has 0 unspecified atom stereocenters. The number of hydrogen-bond donors (Lipinski definition) is 3. The van der Waals surface area contributed by atoms with Crippen LogP contribution in [0.5, 0.6) is 11.5 Å². The summed E-state index contributed by atoms with van der Waals surface area (Å²) in [4.78, 5) is 36.4. The molecule has 0 aliphatic carbocycles. The van der Waals surface area contributed by atoms with Crippen LogP contribution >= 0.6 is 11.6 Å². The Morgan fingerprint density at radius 1 is 0.921 bits per heavy atom. The molecule has 9 nitrogen and oxygen atoms in total. The summed E-state index contributed by atoms with van der Waals surface area (Å²) in [5.74, 6) is -1.59. The van der Waals surface area contributed by atoms with Crippen molar-refractivity contribution in [3.8, 4) is 11.5 Å². The lowest BCUT2D eigenvalue weighted by Crippen LogP contribution is -2.37. The zero-order valence-corrected chi connectivity index (χ0v) is 22.1. The van der Waals surface area contributed by atoms with Crippen LogP contribution in [0, 0.1) is 13.8 Å². The molecule has 3 aromatic carbocycles. The Labute approximate surface area is 226 Å². The maximum Gasteiger partial charge on any atom is 0.329 e. The van der Waals surface area contributed by atoms with Gasteiger partial charge in [-0.3, -0.25) is 14.4 Å². The lowest BCUT2D eigenvalue weighted by Gasteiger charge is -2.14. The van der Waals surface area contributed by atoms with Crippen molar-refractivity contribution in [2.24, 2.45) is 5.10 Å². The van der Waals surface area contributed by atoms with Gasteiger partial charge in [0.15, 0.2) is 18.1 Å². The largest absolute Gasteiger partial charge is 0.490 e. The Morgan fingerprint density at radius 2 is 1.58 bits per heavy atom. The summed E-state index contributed by atoms with van der Waals surface area (Å²) in [6, 6.07) is 18.1. The van der Waals surface area contributed by atoms with Crippen LogP contribution in [0.15, 0.2) is 65.8 Å². The number of hydrogen-bond acceptors (Lipinski definition) is 6. The Hall–Kier alpha value is -4.37. The van der Waals surface area contributed by atoms with Gasteiger partial charge >= 0.3 is 11.8 Å². The van der Waals surface area contributed by atoms with Crippen LogP contribution in [0.4, 0.5) is 5.69 Å². The van der Waals surface area contributed by atoms with E-state index < -0.39 is 11.8 Å². The molecule has 38 heavy (non-hydrogen) atoms. The summed E-state index contributed by atoms with van der Waals surface area (Å²) >= 11 is 6.38. The fourth-order valence-electron chi connectivity index (χ4n) is 3.22. The van der Waals surface area contributed by atoms with Crippen LogP contribution in [0.1, 0.15) is 29.2 Å². The van der Waals surface area contributed by atoms with Crippen LogP contribution in [0.3, 0.4) is 0 Å². The molecule has 0 fully saturated rings. The van der Waals surface area contributed by atoms with Crippen molar-refractivity contribution in [2.75, 3.05) is 18.5 Å². The Bertz CT molecular complexity index is 1310. The van der Waals surface area contributed by atoms with Gasteiger partial charge in [0.2, 0.25) is 0 Å². The van der Waals surface area contributed by atoms with Crippen molar-refractivity contribution < 1.29 is 23.9 Å². The van der Waals surface area contributed by atoms with E-state index in [2.05, 4.69) is 21.2 Å².